The second kappa shape index (κ2) is 3.90. The molecule has 1 N–H and O–H groups in total. The highest BCUT2D eigenvalue weighted by Gasteiger charge is 2.05. The van der Waals surface area contributed by atoms with E-state index >= 15 is 0 Å². The van der Waals surface area contributed by atoms with Crippen LogP contribution in [0.2, 0.25) is 0 Å². The van der Waals surface area contributed by atoms with Crippen molar-refractivity contribution >= 4 is 10.9 Å². The largest absolute Gasteiger partial charge is 0.338 e. The molecular formula is C13H11N3O. The first-order chi connectivity index (χ1) is 8.34. The van der Waals surface area contributed by atoms with Crippen LogP contribution in [0, 0.1) is 0 Å². The van der Waals surface area contributed by atoms with Gasteiger partial charge in [0.15, 0.2) is 0 Å². The van der Waals surface area contributed by atoms with Crippen LogP contribution >= 0.6 is 0 Å². The molecule has 0 spiro atoms. The van der Waals surface area contributed by atoms with Gasteiger partial charge in [-0.1, -0.05) is 30.3 Å². The summed E-state index contributed by atoms with van der Waals surface area (Å²) >= 11 is 0. The van der Waals surface area contributed by atoms with E-state index in [1.54, 1.807) is 6.20 Å². The number of nitrogens with one attached hydrogen (secondary N) is 1. The van der Waals surface area contributed by atoms with Gasteiger partial charge in [-0.15, -0.1) is 0 Å². The molecule has 3 aromatic rings. The number of nitrogens with zero attached hydrogens (tertiary/aromatic N) is 2. The number of H-pyrrole nitrogens is 1. The summed E-state index contributed by atoms with van der Waals surface area (Å²) in [6.07, 6.45) is 3.58. The molecule has 4 heteroatoms. The van der Waals surface area contributed by atoms with Crippen LogP contribution in [0.3, 0.4) is 0 Å². The first kappa shape index (κ1) is 9.84. The van der Waals surface area contributed by atoms with Crippen LogP contribution in [0.5, 0.6) is 0 Å². The van der Waals surface area contributed by atoms with Gasteiger partial charge in [0.2, 0.25) is 0 Å². The molecule has 0 saturated heterocycles. The van der Waals surface area contributed by atoms with Gasteiger partial charge in [0.05, 0.1) is 6.20 Å². The fraction of sp³-hybridized carbons (Fsp3) is 0.0769. The SMILES string of the molecule is O=c1[nH]ncc2ccn(Cc3ccccc3)c12. The maximum absolute atomic E-state index is 11.7. The molecule has 1 aromatic carbocycles. The van der Waals surface area contributed by atoms with Gasteiger partial charge in [-0.25, -0.2) is 5.10 Å². The van der Waals surface area contributed by atoms with Crippen molar-refractivity contribution in [3.63, 3.8) is 0 Å². The third-order valence-electron chi connectivity index (χ3n) is 2.78. The molecule has 0 aliphatic rings. The minimum Gasteiger partial charge on any atom is -0.338 e. The van der Waals surface area contributed by atoms with Gasteiger partial charge in [0.1, 0.15) is 5.52 Å². The van der Waals surface area contributed by atoms with Crippen molar-refractivity contribution in [3.05, 3.63) is 64.7 Å². The minimum absolute atomic E-state index is 0.150. The predicted octanol–water partition coefficient (Wildman–Crippen LogP) is 1.77. The summed E-state index contributed by atoms with van der Waals surface area (Å²) < 4.78 is 1.94. The van der Waals surface area contributed by atoms with E-state index in [1.165, 1.54) is 5.56 Å². The number of fused-ring (bicyclic) bond motifs is 1. The molecule has 0 radical (unpaired) electrons. The van der Waals surface area contributed by atoms with E-state index in [0.717, 1.165) is 5.39 Å². The van der Waals surface area contributed by atoms with Crippen LogP contribution in [0.25, 0.3) is 10.9 Å². The Labute approximate surface area is 97.5 Å². The van der Waals surface area contributed by atoms with Crippen molar-refractivity contribution in [2.45, 2.75) is 6.54 Å². The Bertz CT molecular complexity index is 697. The van der Waals surface area contributed by atoms with E-state index in [1.807, 2.05) is 47.2 Å². The molecular weight excluding hydrogens is 214 g/mol. The lowest BCUT2D eigenvalue weighted by Crippen LogP contribution is -2.12. The molecule has 2 heterocycles. The summed E-state index contributed by atoms with van der Waals surface area (Å²) in [4.78, 5) is 11.7. The molecule has 0 unspecified atom stereocenters. The van der Waals surface area contributed by atoms with E-state index in [0.29, 0.717) is 12.1 Å². The Morgan fingerprint density at radius 2 is 2.00 bits per heavy atom. The van der Waals surface area contributed by atoms with Crippen LogP contribution in [0.1, 0.15) is 5.56 Å². The Kier molecular flexibility index (Phi) is 2.26. The Hall–Kier alpha value is -2.36. The zero-order valence-electron chi connectivity index (χ0n) is 9.13. The van der Waals surface area contributed by atoms with Gasteiger partial charge in [0, 0.05) is 18.1 Å². The van der Waals surface area contributed by atoms with E-state index in [-0.39, 0.29) is 5.56 Å². The first-order valence-electron chi connectivity index (χ1n) is 5.41. The molecule has 0 aliphatic carbocycles. The van der Waals surface area contributed by atoms with Crippen LogP contribution in [-0.2, 0) is 6.54 Å². The van der Waals surface area contributed by atoms with Crippen molar-refractivity contribution in [2.75, 3.05) is 0 Å². The Morgan fingerprint density at radius 1 is 1.18 bits per heavy atom. The van der Waals surface area contributed by atoms with Crippen molar-refractivity contribution in [2.24, 2.45) is 0 Å². The van der Waals surface area contributed by atoms with Gasteiger partial charge in [-0.2, -0.15) is 5.10 Å². The normalized spacial score (nSPS) is 10.8. The van der Waals surface area contributed by atoms with Gasteiger partial charge in [0.25, 0.3) is 5.56 Å². The summed E-state index contributed by atoms with van der Waals surface area (Å²) in [7, 11) is 0. The minimum atomic E-state index is -0.150. The Morgan fingerprint density at radius 3 is 2.82 bits per heavy atom. The highest BCUT2D eigenvalue weighted by atomic mass is 16.1. The smallest absolute Gasteiger partial charge is 0.288 e. The molecule has 0 amide bonds. The monoisotopic (exact) mass is 225 g/mol. The van der Waals surface area contributed by atoms with Crippen molar-refractivity contribution in [3.8, 4) is 0 Å². The summed E-state index contributed by atoms with van der Waals surface area (Å²) in [6.45, 7) is 0.692. The van der Waals surface area contributed by atoms with Crippen LogP contribution in [0.15, 0.2) is 53.6 Å². The highest BCUT2D eigenvalue weighted by Crippen LogP contribution is 2.11. The standard InChI is InChI=1S/C13H11N3O/c17-13-12-11(8-14-15-13)6-7-16(12)9-10-4-2-1-3-5-10/h1-8H,9H2,(H,15,17). The average molecular weight is 225 g/mol. The zero-order valence-corrected chi connectivity index (χ0v) is 9.13. The second-order valence-electron chi connectivity index (χ2n) is 3.93. The van der Waals surface area contributed by atoms with Gasteiger partial charge < -0.3 is 4.57 Å². The average Bonchev–Trinajstić information content (AvgIpc) is 2.75. The maximum atomic E-state index is 11.7. The van der Waals surface area contributed by atoms with Gasteiger partial charge >= 0.3 is 0 Å². The molecule has 0 saturated carbocycles. The number of aromatic amines is 1. The topological polar surface area (TPSA) is 50.7 Å². The quantitative estimate of drug-likeness (QED) is 0.722. The molecule has 3 rings (SSSR count). The van der Waals surface area contributed by atoms with E-state index in [4.69, 9.17) is 0 Å². The molecule has 2 aromatic heterocycles. The number of benzene rings is 1. The lowest BCUT2D eigenvalue weighted by Gasteiger charge is -2.04. The summed E-state index contributed by atoms with van der Waals surface area (Å²) in [5, 5.41) is 7.11. The van der Waals surface area contributed by atoms with Crippen molar-refractivity contribution in [1.82, 2.24) is 14.8 Å². The molecule has 0 bridgehead atoms. The van der Waals surface area contributed by atoms with Crippen molar-refractivity contribution < 1.29 is 0 Å². The van der Waals surface area contributed by atoms with Gasteiger partial charge in [-0.3, -0.25) is 4.79 Å². The fourth-order valence-electron chi connectivity index (χ4n) is 1.98. The number of hydrogen-bond acceptors (Lipinski definition) is 2. The maximum Gasteiger partial charge on any atom is 0.288 e. The van der Waals surface area contributed by atoms with E-state index in [9.17, 15) is 4.79 Å². The summed E-state index contributed by atoms with van der Waals surface area (Å²) in [6, 6.07) is 12.0. The lowest BCUT2D eigenvalue weighted by molar-refractivity contribution is 0.826. The van der Waals surface area contributed by atoms with Crippen LogP contribution in [-0.4, -0.2) is 14.8 Å². The van der Waals surface area contributed by atoms with Crippen molar-refractivity contribution in [1.29, 1.82) is 0 Å². The second-order valence-corrected chi connectivity index (χ2v) is 3.93. The first-order valence-corrected chi connectivity index (χ1v) is 5.41. The predicted molar refractivity (Wildman–Crippen MR) is 65.9 cm³/mol. The summed E-state index contributed by atoms with van der Waals surface area (Å²) in [5.41, 5.74) is 1.69. The van der Waals surface area contributed by atoms with Gasteiger partial charge in [-0.05, 0) is 11.6 Å². The number of aromatic nitrogens is 3. The molecule has 84 valence electrons. The zero-order chi connectivity index (χ0) is 11.7. The lowest BCUT2D eigenvalue weighted by atomic mass is 10.2. The number of rotatable bonds is 2. The van der Waals surface area contributed by atoms with E-state index in [2.05, 4.69) is 10.2 Å². The molecule has 4 nitrogen and oxygen atoms in total. The summed E-state index contributed by atoms with van der Waals surface area (Å²) in [5.74, 6) is 0. The molecule has 0 aliphatic heterocycles. The Balaban J connectivity index is 2.10. The molecule has 0 atom stereocenters. The van der Waals surface area contributed by atoms with E-state index < -0.39 is 0 Å². The molecule has 17 heavy (non-hydrogen) atoms. The van der Waals surface area contributed by atoms with Crippen LogP contribution in [0.4, 0.5) is 0 Å². The third kappa shape index (κ3) is 1.73. The van der Waals surface area contributed by atoms with Crippen LogP contribution < -0.4 is 5.56 Å². The fourth-order valence-corrected chi connectivity index (χ4v) is 1.98. The third-order valence-corrected chi connectivity index (χ3v) is 2.78. The number of hydrogen-bond donors (Lipinski definition) is 1. The highest BCUT2D eigenvalue weighted by molar-refractivity contribution is 5.77. The molecule has 0 fully saturated rings.